The molecule has 2 saturated heterocycles. The summed E-state index contributed by atoms with van der Waals surface area (Å²) in [4.78, 5) is 27.3. The van der Waals surface area contributed by atoms with Crippen LogP contribution in [0.5, 0.6) is 5.75 Å². The maximum Gasteiger partial charge on any atom is 0.416 e. The van der Waals surface area contributed by atoms with Gasteiger partial charge in [-0.05, 0) is 35.6 Å². The summed E-state index contributed by atoms with van der Waals surface area (Å²) < 4.78 is 39.8. The van der Waals surface area contributed by atoms with Crippen LogP contribution in [0.1, 0.15) is 21.6 Å². The number of rotatable bonds is 3. The zero-order valence-electron chi connectivity index (χ0n) is 16.0. The van der Waals surface area contributed by atoms with Crippen LogP contribution in [-0.2, 0) is 12.7 Å². The number of benzene rings is 1. The third kappa shape index (κ3) is 4.33. The molecular formula is C19H18ClF3N4O4. The van der Waals surface area contributed by atoms with E-state index in [1.165, 1.54) is 6.07 Å². The van der Waals surface area contributed by atoms with E-state index in [-0.39, 0.29) is 23.4 Å². The number of hydrogen-bond donors (Lipinski definition) is 2. The van der Waals surface area contributed by atoms with Crippen molar-refractivity contribution in [3.8, 4) is 5.75 Å². The van der Waals surface area contributed by atoms with E-state index in [4.69, 9.17) is 16.7 Å². The second kappa shape index (κ2) is 7.72. The third-order valence-electron chi connectivity index (χ3n) is 5.61. The van der Waals surface area contributed by atoms with Crippen molar-refractivity contribution >= 4 is 23.6 Å². The standard InChI is InChI=1S/C19H18ClF3N4O4/c20-15-9-27(24-16(15)17(29)30)18(31)26-7-11-5-25(6-12(11)8-26)4-10-1-13(19(21,22)23)3-14(28)2-10/h1-3,9,11-12,28H,4-8H2,(H,29,30). The first-order valence-electron chi connectivity index (χ1n) is 9.41. The van der Waals surface area contributed by atoms with Gasteiger partial charge in [0.05, 0.1) is 16.8 Å². The number of phenolic OH excluding ortho intramolecular Hbond substituents is 1. The second-order valence-electron chi connectivity index (χ2n) is 7.86. The lowest BCUT2D eigenvalue weighted by Crippen LogP contribution is -2.36. The fourth-order valence-electron chi connectivity index (χ4n) is 4.30. The number of carboxylic acid groups (broad SMARTS) is 1. The summed E-state index contributed by atoms with van der Waals surface area (Å²) in [7, 11) is 0. The molecule has 8 nitrogen and oxygen atoms in total. The van der Waals surface area contributed by atoms with Gasteiger partial charge in [0.25, 0.3) is 0 Å². The fourth-order valence-corrected chi connectivity index (χ4v) is 4.51. The number of halogens is 4. The number of aromatic carboxylic acids is 1. The minimum Gasteiger partial charge on any atom is -0.508 e. The van der Waals surface area contributed by atoms with Gasteiger partial charge in [0.15, 0.2) is 5.69 Å². The molecule has 12 heteroatoms. The molecule has 2 atom stereocenters. The number of amides is 1. The Bertz CT molecular complexity index is 1030. The highest BCUT2D eigenvalue weighted by atomic mass is 35.5. The quantitative estimate of drug-likeness (QED) is 0.733. The van der Waals surface area contributed by atoms with Crippen LogP contribution < -0.4 is 0 Å². The topological polar surface area (TPSA) is 98.9 Å². The largest absolute Gasteiger partial charge is 0.508 e. The zero-order valence-corrected chi connectivity index (χ0v) is 16.8. The number of phenols is 1. The molecule has 2 N–H and O–H groups in total. The van der Waals surface area contributed by atoms with Crippen LogP contribution in [0, 0.1) is 11.8 Å². The Morgan fingerprint density at radius 2 is 1.77 bits per heavy atom. The first kappa shape index (κ1) is 21.4. The van der Waals surface area contributed by atoms with E-state index < -0.39 is 35.2 Å². The first-order chi connectivity index (χ1) is 14.5. The van der Waals surface area contributed by atoms with Crippen molar-refractivity contribution in [3.05, 3.63) is 46.2 Å². The lowest BCUT2D eigenvalue weighted by atomic mass is 10.0. The molecule has 2 aliphatic rings. The van der Waals surface area contributed by atoms with Crippen molar-refractivity contribution in [2.24, 2.45) is 11.8 Å². The summed E-state index contributed by atoms with van der Waals surface area (Å²) >= 11 is 5.80. The van der Waals surface area contributed by atoms with Crippen molar-refractivity contribution in [2.45, 2.75) is 12.7 Å². The van der Waals surface area contributed by atoms with Crippen LogP contribution in [0.15, 0.2) is 24.4 Å². The molecule has 1 amide bonds. The number of carbonyl (C=O) groups excluding carboxylic acids is 1. The van der Waals surface area contributed by atoms with E-state index in [1.807, 2.05) is 4.90 Å². The number of nitrogens with zero attached hydrogens (tertiary/aromatic N) is 4. The van der Waals surface area contributed by atoms with Gasteiger partial charge in [0.2, 0.25) is 0 Å². The van der Waals surface area contributed by atoms with Crippen LogP contribution in [0.3, 0.4) is 0 Å². The number of carboxylic acids is 1. The molecule has 2 aliphatic heterocycles. The highest BCUT2D eigenvalue weighted by Gasteiger charge is 2.42. The van der Waals surface area contributed by atoms with Gasteiger partial charge in [-0.25, -0.2) is 9.59 Å². The Morgan fingerprint density at radius 1 is 1.13 bits per heavy atom. The summed E-state index contributed by atoms with van der Waals surface area (Å²) in [6.07, 6.45) is -3.38. The Balaban J connectivity index is 1.39. The molecule has 2 aromatic rings. The molecule has 2 fully saturated rings. The van der Waals surface area contributed by atoms with Crippen LogP contribution >= 0.6 is 11.6 Å². The maximum atomic E-state index is 13.0. The van der Waals surface area contributed by atoms with Crippen LogP contribution in [0.25, 0.3) is 0 Å². The first-order valence-corrected chi connectivity index (χ1v) is 9.79. The van der Waals surface area contributed by atoms with Crippen LogP contribution in [0.2, 0.25) is 5.02 Å². The van der Waals surface area contributed by atoms with E-state index in [0.29, 0.717) is 37.8 Å². The molecule has 0 bridgehead atoms. The molecule has 0 spiro atoms. The molecular weight excluding hydrogens is 441 g/mol. The van der Waals surface area contributed by atoms with Gasteiger partial charge in [-0.15, -0.1) is 0 Å². The van der Waals surface area contributed by atoms with Crippen molar-refractivity contribution in [1.82, 2.24) is 19.6 Å². The zero-order chi connectivity index (χ0) is 22.5. The minimum atomic E-state index is -4.54. The predicted octanol–water partition coefficient (Wildman–Crippen LogP) is 2.99. The molecule has 31 heavy (non-hydrogen) atoms. The van der Waals surface area contributed by atoms with Crippen molar-refractivity contribution < 1.29 is 33.0 Å². The summed E-state index contributed by atoms with van der Waals surface area (Å²) in [6, 6.07) is 2.58. The highest BCUT2D eigenvalue weighted by molar-refractivity contribution is 6.33. The van der Waals surface area contributed by atoms with E-state index in [9.17, 15) is 27.9 Å². The number of aromatic nitrogens is 2. The molecule has 4 rings (SSSR count). The van der Waals surface area contributed by atoms with Crippen LogP contribution in [-0.4, -0.2) is 68.0 Å². The van der Waals surface area contributed by atoms with Gasteiger partial charge >= 0.3 is 18.2 Å². The number of likely N-dealkylation sites (tertiary alicyclic amines) is 2. The number of carbonyl (C=O) groups is 2. The Morgan fingerprint density at radius 3 is 2.32 bits per heavy atom. The average molecular weight is 459 g/mol. The molecule has 0 aliphatic carbocycles. The lowest BCUT2D eigenvalue weighted by Gasteiger charge is -2.22. The van der Waals surface area contributed by atoms with E-state index in [2.05, 4.69) is 5.10 Å². The molecule has 0 saturated carbocycles. The number of hydrogen-bond acceptors (Lipinski definition) is 5. The normalized spacial score (nSPS) is 21.5. The number of alkyl halides is 3. The van der Waals surface area contributed by atoms with Crippen molar-refractivity contribution in [1.29, 1.82) is 0 Å². The summed E-state index contributed by atoms with van der Waals surface area (Å²) in [5, 5.41) is 22.2. The van der Waals surface area contributed by atoms with Gasteiger partial charge in [-0.1, -0.05) is 11.6 Å². The minimum absolute atomic E-state index is 0.129. The third-order valence-corrected chi connectivity index (χ3v) is 5.89. The molecule has 1 aromatic heterocycles. The fraction of sp³-hybridized carbons (Fsp3) is 0.421. The summed E-state index contributed by atoms with van der Waals surface area (Å²) in [5.41, 5.74) is -0.921. The molecule has 0 radical (unpaired) electrons. The summed E-state index contributed by atoms with van der Waals surface area (Å²) in [6.45, 7) is 2.29. The average Bonchev–Trinajstić information content (AvgIpc) is 3.32. The van der Waals surface area contributed by atoms with E-state index in [1.54, 1.807) is 4.90 Å². The predicted molar refractivity (Wildman–Crippen MR) is 102 cm³/mol. The van der Waals surface area contributed by atoms with Gasteiger partial charge in [0.1, 0.15) is 5.75 Å². The van der Waals surface area contributed by atoms with Gasteiger partial charge in [-0.3, -0.25) is 4.90 Å². The molecule has 1 aromatic carbocycles. The SMILES string of the molecule is O=C(O)c1nn(C(=O)N2CC3CN(Cc4cc(O)cc(C(F)(F)F)c4)CC3C2)cc1Cl. The van der Waals surface area contributed by atoms with Gasteiger partial charge in [0, 0.05) is 32.7 Å². The van der Waals surface area contributed by atoms with Gasteiger partial charge < -0.3 is 15.1 Å². The Hall–Kier alpha value is -2.79. The van der Waals surface area contributed by atoms with Crippen molar-refractivity contribution in [3.63, 3.8) is 0 Å². The monoisotopic (exact) mass is 458 g/mol. The Labute approximate surface area is 179 Å². The second-order valence-corrected chi connectivity index (χ2v) is 8.27. The van der Waals surface area contributed by atoms with Gasteiger partial charge in [-0.2, -0.15) is 23.0 Å². The number of fused-ring (bicyclic) bond motifs is 1. The number of aromatic hydroxyl groups is 1. The Kier molecular flexibility index (Phi) is 5.34. The van der Waals surface area contributed by atoms with E-state index in [0.717, 1.165) is 16.9 Å². The van der Waals surface area contributed by atoms with Crippen molar-refractivity contribution in [2.75, 3.05) is 26.2 Å². The van der Waals surface area contributed by atoms with Crippen LogP contribution in [0.4, 0.5) is 18.0 Å². The molecule has 2 unspecified atom stereocenters. The lowest BCUT2D eigenvalue weighted by molar-refractivity contribution is -0.137. The summed E-state index contributed by atoms with van der Waals surface area (Å²) in [5.74, 6) is -1.49. The molecule has 166 valence electrons. The molecule has 3 heterocycles. The maximum absolute atomic E-state index is 13.0. The highest BCUT2D eigenvalue weighted by Crippen LogP contribution is 2.35. The van der Waals surface area contributed by atoms with E-state index >= 15 is 0 Å². The smallest absolute Gasteiger partial charge is 0.416 e.